The van der Waals surface area contributed by atoms with Crippen LogP contribution in [0.4, 0.5) is 0 Å². The van der Waals surface area contributed by atoms with Crippen molar-refractivity contribution in [3.8, 4) is 0 Å². The summed E-state index contributed by atoms with van der Waals surface area (Å²) >= 11 is 0. The molecular formula is C13H28N2O. The Hall–Kier alpha value is -0.120. The van der Waals surface area contributed by atoms with Gasteiger partial charge in [0.15, 0.2) is 0 Å². The molecule has 3 heteroatoms. The number of nitrogens with zero attached hydrogens (tertiary/aromatic N) is 1. The van der Waals surface area contributed by atoms with Crippen LogP contribution in [0.25, 0.3) is 0 Å². The van der Waals surface area contributed by atoms with Gasteiger partial charge in [0.2, 0.25) is 0 Å². The topological polar surface area (TPSA) is 24.5 Å². The number of nitrogens with one attached hydrogen (secondary N) is 1. The second kappa shape index (κ2) is 5.99. The highest BCUT2D eigenvalue weighted by atomic mass is 16.5. The van der Waals surface area contributed by atoms with Crippen LogP contribution in [0.5, 0.6) is 0 Å². The van der Waals surface area contributed by atoms with Gasteiger partial charge in [0, 0.05) is 38.3 Å². The fraction of sp³-hybridized carbons (Fsp3) is 1.00. The lowest BCUT2D eigenvalue weighted by atomic mass is 9.85. The van der Waals surface area contributed by atoms with E-state index in [2.05, 4.69) is 44.8 Å². The van der Waals surface area contributed by atoms with Crippen molar-refractivity contribution in [2.24, 2.45) is 5.41 Å². The minimum absolute atomic E-state index is 0.337. The van der Waals surface area contributed by atoms with Gasteiger partial charge in [-0.25, -0.2) is 0 Å². The van der Waals surface area contributed by atoms with Crippen LogP contribution in [-0.4, -0.2) is 49.8 Å². The van der Waals surface area contributed by atoms with E-state index in [0.717, 1.165) is 32.8 Å². The molecule has 3 nitrogen and oxygen atoms in total. The minimum Gasteiger partial charge on any atom is -0.380 e. The lowest BCUT2D eigenvalue weighted by molar-refractivity contribution is 0.0436. The number of hydrogen-bond donors (Lipinski definition) is 1. The zero-order valence-corrected chi connectivity index (χ0v) is 11.5. The number of piperazine rings is 1. The summed E-state index contributed by atoms with van der Waals surface area (Å²) in [5.41, 5.74) is 0.337. The van der Waals surface area contributed by atoms with Crippen LogP contribution >= 0.6 is 0 Å². The zero-order valence-electron chi connectivity index (χ0n) is 11.5. The maximum absolute atomic E-state index is 5.51. The second-order valence-electron chi connectivity index (χ2n) is 5.88. The SMILES string of the molecule is CCOCC(C)N1CCNC(C(C)(C)C)C1. The summed E-state index contributed by atoms with van der Waals surface area (Å²) in [4.78, 5) is 2.54. The van der Waals surface area contributed by atoms with E-state index in [4.69, 9.17) is 4.74 Å². The number of ether oxygens (including phenoxy) is 1. The van der Waals surface area contributed by atoms with E-state index in [9.17, 15) is 0 Å². The summed E-state index contributed by atoms with van der Waals surface area (Å²) in [6.07, 6.45) is 0. The second-order valence-corrected chi connectivity index (χ2v) is 5.88. The first-order valence-electron chi connectivity index (χ1n) is 6.50. The Balaban J connectivity index is 2.43. The Morgan fingerprint density at radius 3 is 2.69 bits per heavy atom. The molecule has 1 rings (SSSR count). The lowest BCUT2D eigenvalue weighted by Crippen LogP contribution is -2.58. The first-order valence-corrected chi connectivity index (χ1v) is 6.50. The first kappa shape index (κ1) is 13.9. The highest BCUT2D eigenvalue weighted by Gasteiger charge is 2.30. The molecule has 0 bridgehead atoms. The summed E-state index contributed by atoms with van der Waals surface area (Å²) in [7, 11) is 0. The molecule has 2 unspecified atom stereocenters. The van der Waals surface area contributed by atoms with Crippen LogP contribution in [0.15, 0.2) is 0 Å². The van der Waals surface area contributed by atoms with Crippen molar-refractivity contribution < 1.29 is 4.74 Å². The van der Waals surface area contributed by atoms with Gasteiger partial charge in [0.1, 0.15) is 0 Å². The van der Waals surface area contributed by atoms with Crippen molar-refractivity contribution in [3.05, 3.63) is 0 Å². The molecule has 1 saturated heterocycles. The summed E-state index contributed by atoms with van der Waals surface area (Å²) in [6, 6.07) is 1.12. The van der Waals surface area contributed by atoms with Crippen LogP contribution in [-0.2, 0) is 4.74 Å². The largest absolute Gasteiger partial charge is 0.380 e. The van der Waals surface area contributed by atoms with Gasteiger partial charge in [-0.3, -0.25) is 4.90 Å². The molecule has 0 amide bonds. The quantitative estimate of drug-likeness (QED) is 0.793. The third-order valence-corrected chi connectivity index (χ3v) is 3.44. The summed E-state index contributed by atoms with van der Waals surface area (Å²) in [5, 5.41) is 3.62. The summed E-state index contributed by atoms with van der Waals surface area (Å²) in [6.45, 7) is 16.3. The molecule has 0 spiro atoms. The summed E-state index contributed by atoms with van der Waals surface area (Å²) < 4.78 is 5.51. The standard InChI is InChI=1S/C13H28N2O/c1-6-16-10-11(2)15-8-7-14-12(9-15)13(3,4)5/h11-12,14H,6-10H2,1-5H3. The molecule has 0 aliphatic carbocycles. The van der Waals surface area contributed by atoms with E-state index in [-0.39, 0.29) is 0 Å². The number of hydrogen-bond acceptors (Lipinski definition) is 3. The highest BCUT2D eigenvalue weighted by Crippen LogP contribution is 2.22. The van der Waals surface area contributed by atoms with Crippen LogP contribution < -0.4 is 5.32 Å². The molecule has 0 aromatic rings. The van der Waals surface area contributed by atoms with Gasteiger partial charge in [-0.1, -0.05) is 20.8 Å². The van der Waals surface area contributed by atoms with Gasteiger partial charge in [0.05, 0.1) is 6.61 Å². The van der Waals surface area contributed by atoms with Gasteiger partial charge >= 0.3 is 0 Å². The third-order valence-electron chi connectivity index (χ3n) is 3.44. The maximum atomic E-state index is 5.51. The van der Waals surface area contributed by atoms with Crippen LogP contribution in [0, 0.1) is 5.41 Å². The van der Waals surface area contributed by atoms with Crippen LogP contribution in [0.1, 0.15) is 34.6 Å². The molecule has 1 fully saturated rings. The van der Waals surface area contributed by atoms with E-state index >= 15 is 0 Å². The molecule has 1 aliphatic heterocycles. The van der Waals surface area contributed by atoms with Crippen molar-refractivity contribution in [1.82, 2.24) is 10.2 Å². The highest BCUT2D eigenvalue weighted by molar-refractivity contribution is 4.88. The molecular weight excluding hydrogens is 200 g/mol. The predicted octanol–water partition coefficient (Wildman–Crippen LogP) is 1.73. The number of rotatable bonds is 4. The smallest absolute Gasteiger partial charge is 0.0619 e. The van der Waals surface area contributed by atoms with Crippen LogP contribution in [0.3, 0.4) is 0 Å². The molecule has 1 heterocycles. The Bertz CT molecular complexity index is 201. The van der Waals surface area contributed by atoms with Crippen molar-refractivity contribution in [2.75, 3.05) is 32.8 Å². The normalized spacial score (nSPS) is 25.7. The third kappa shape index (κ3) is 4.04. The molecule has 16 heavy (non-hydrogen) atoms. The van der Waals surface area contributed by atoms with Gasteiger partial charge in [-0.05, 0) is 19.3 Å². The Morgan fingerprint density at radius 1 is 1.44 bits per heavy atom. The molecule has 0 saturated carbocycles. The van der Waals surface area contributed by atoms with Crippen LogP contribution in [0.2, 0.25) is 0 Å². The Morgan fingerprint density at radius 2 is 2.12 bits per heavy atom. The zero-order chi connectivity index (χ0) is 12.2. The van der Waals surface area contributed by atoms with Gasteiger partial charge in [0.25, 0.3) is 0 Å². The molecule has 0 radical (unpaired) electrons. The molecule has 0 aromatic carbocycles. The average molecular weight is 228 g/mol. The van der Waals surface area contributed by atoms with Crippen molar-refractivity contribution in [2.45, 2.75) is 46.7 Å². The molecule has 0 aromatic heterocycles. The lowest BCUT2D eigenvalue weighted by Gasteiger charge is -2.42. The maximum Gasteiger partial charge on any atom is 0.0619 e. The fourth-order valence-corrected chi connectivity index (χ4v) is 2.15. The van der Waals surface area contributed by atoms with Crippen molar-refractivity contribution in [3.63, 3.8) is 0 Å². The monoisotopic (exact) mass is 228 g/mol. The van der Waals surface area contributed by atoms with Gasteiger partial charge in [-0.2, -0.15) is 0 Å². The van der Waals surface area contributed by atoms with E-state index in [0.29, 0.717) is 17.5 Å². The average Bonchev–Trinajstić information content (AvgIpc) is 2.25. The fourth-order valence-electron chi connectivity index (χ4n) is 2.15. The Labute approximate surface area is 101 Å². The van der Waals surface area contributed by atoms with E-state index < -0.39 is 0 Å². The van der Waals surface area contributed by atoms with E-state index in [1.54, 1.807) is 0 Å². The molecule has 96 valence electrons. The first-order chi connectivity index (χ1) is 7.45. The molecule has 1 aliphatic rings. The predicted molar refractivity (Wildman–Crippen MR) is 68.8 cm³/mol. The minimum atomic E-state index is 0.337. The van der Waals surface area contributed by atoms with E-state index in [1.807, 2.05) is 0 Å². The van der Waals surface area contributed by atoms with Crippen molar-refractivity contribution in [1.29, 1.82) is 0 Å². The molecule has 1 N–H and O–H groups in total. The van der Waals surface area contributed by atoms with Gasteiger partial charge < -0.3 is 10.1 Å². The molecule has 2 atom stereocenters. The summed E-state index contributed by atoms with van der Waals surface area (Å²) in [5.74, 6) is 0. The van der Waals surface area contributed by atoms with Crippen molar-refractivity contribution >= 4 is 0 Å². The Kier molecular flexibility index (Phi) is 5.22. The van der Waals surface area contributed by atoms with Gasteiger partial charge in [-0.15, -0.1) is 0 Å². The van der Waals surface area contributed by atoms with E-state index in [1.165, 1.54) is 0 Å².